The molecular weight excluding hydrogens is 612 g/mol. The summed E-state index contributed by atoms with van der Waals surface area (Å²) in [7, 11) is 1.38. The fourth-order valence-electron chi connectivity index (χ4n) is 7.59. The summed E-state index contributed by atoms with van der Waals surface area (Å²) in [6.45, 7) is 5.70. The molecular formula is C35H42N8O5. The highest BCUT2D eigenvalue weighted by Crippen LogP contribution is 2.34. The number of amides is 5. The normalized spacial score (nSPS) is 22.7. The second-order valence-electron chi connectivity index (χ2n) is 13.6. The van der Waals surface area contributed by atoms with E-state index in [2.05, 4.69) is 27.2 Å². The Hall–Kier alpha value is -4.81. The lowest BCUT2D eigenvalue weighted by molar-refractivity contribution is -0.149. The molecule has 48 heavy (non-hydrogen) atoms. The second-order valence-corrected chi connectivity index (χ2v) is 13.6. The maximum Gasteiger partial charge on any atom is 0.264 e. The number of carbonyl (C=O) groups is 5. The second kappa shape index (κ2) is 13.0. The summed E-state index contributed by atoms with van der Waals surface area (Å²) < 4.78 is 1.97. The van der Waals surface area contributed by atoms with Crippen molar-refractivity contribution in [1.29, 1.82) is 0 Å². The number of allylic oxidation sites excluding steroid dienone is 1. The van der Waals surface area contributed by atoms with Crippen molar-refractivity contribution in [3.8, 4) is 0 Å². The Morgan fingerprint density at radius 3 is 2.44 bits per heavy atom. The third-order valence-electron chi connectivity index (χ3n) is 10.6. The minimum Gasteiger partial charge on any atom is -0.380 e. The minimum atomic E-state index is -0.995. The number of nitrogens with one attached hydrogen (secondary N) is 1. The van der Waals surface area contributed by atoms with Crippen molar-refractivity contribution < 1.29 is 24.0 Å². The van der Waals surface area contributed by atoms with Crippen molar-refractivity contribution >= 4 is 41.1 Å². The van der Waals surface area contributed by atoms with Gasteiger partial charge in [0, 0.05) is 82.2 Å². The van der Waals surface area contributed by atoms with Crippen LogP contribution < -0.4 is 5.32 Å². The van der Waals surface area contributed by atoms with E-state index in [1.54, 1.807) is 24.4 Å². The Kier molecular flexibility index (Phi) is 8.61. The van der Waals surface area contributed by atoms with Crippen LogP contribution in [0.25, 0.3) is 0 Å². The van der Waals surface area contributed by atoms with Gasteiger partial charge >= 0.3 is 0 Å². The molecule has 3 fully saturated rings. The number of nitrogens with zero attached hydrogens (tertiary/aromatic N) is 7. The van der Waals surface area contributed by atoms with Gasteiger partial charge in [0.2, 0.25) is 11.8 Å². The molecule has 3 saturated heterocycles. The molecule has 0 radical (unpaired) electrons. The summed E-state index contributed by atoms with van der Waals surface area (Å²) in [6.07, 6.45) is 11.4. The standard InChI is InChI=1S/C35H42N8O5/c1-22-6-8-29(37-18-22)40-14-10-24(11-15-40)32(45)41-16-12-25(13-17-41)42-21-23(20-38-42)19-36-27-5-3-4-26-31(27)35(48)43(33(26)46)28-7-9-30(44)39(2)34(28)47/h3-5,18,20-21,24-25,28,36H,6-17,19H2,1-2H3. The van der Waals surface area contributed by atoms with Crippen LogP contribution in [0.15, 0.2) is 47.4 Å². The maximum atomic E-state index is 13.5. The number of carbonyl (C=O) groups excluding carboxylic acids is 5. The molecule has 0 spiro atoms. The third kappa shape index (κ3) is 5.90. The first-order valence-electron chi connectivity index (χ1n) is 17.0. The highest BCUT2D eigenvalue weighted by Gasteiger charge is 2.47. The maximum absolute atomic E-state index is 13.5. The molecule has 1 N–H and O–H groups in total. The van der Waals surface area contributed by atoms with Gasteiger partial charge < -0.3 is 15.1 Å². The number of hydrogen-bond donors (Lipinski definition) is 1. The number of aliphatic imine (C=N–C) groups is 1. The Balaban J connectivity index is 0.917. The molecule has 5 aliphatic rings. The molecule has 1 aromatic heterocycles. The summed E-state index contributed by atoms with van der Waals surface area (Å²) >= 11 is 0. The number of likely N-dealkylation sites (N-methyl/N-ethyl adjacent to an activating group) is 1. The number of anilines is 1. The molecule has 1 atom stereocenters. The zero-order valence-corrected chi connectivity index (χ0v) is 27.6. The van der Waals surface area contributed by atoms with Crippen LogP contribution in [0.2, 0.25) is 0 Å². The van der Waals surface area contributed by atoms with Gasteiger partial charge in [0.1, 0.15) is 11.9 Å². The van der Waals surface area contributed by atoms with Crippen molar-refractivity contribution in [2.45, 2.75) is 76.9 Å². The van der Waals surface area contributed by atoms with Crippen molar-refractivity contribution in [2.24, 2.45) is 10.9 Å². The van der Waals surface area contributed by atoms with E-state index >= 15 is 0 Å². The number of piperidine rings is 3. The van der Waals surface area contributed by atoms with Crippen LogP contribution in [0.3, 0.4) is 0 Å². The number of likely N-dealkylation sites (tertiary alicyclic amines) is 3. The predicted molar refractivity (Wildman–Crippen MR) is 177 cm³/mol. The molecule has 5 amide bonds. The quantitative estimate of drug-likeness (QED) is 0.469. The number of imide groups is 2. The molecule has 13 nitrogen and oxygen atoms in total. The Labute approximate surface area is 279 Å². The number of fused-ring (bicyclic) bond motifs is 1. The molecule has 13 heteroatoms. The summed E-state index contributed by atoms with van der Waals surface area (Å²) in [5.41, 5.74) is 3.22. The Bertz CT molecular complexity index is 1710. The van der Waals surface area contributed by atoms with E-state index in [4.69, 9.17) is 0 Å². The SMILES string of the molecule is CC1=CN=C(N2CCC(C(=O)N3CCC(n4cc(CNc5cccc6c5C(=O)N(C5CCC(=O)N(C)C5=O)C6=O)cn4)CC3)CC2)CC1. The Morgan fingerprint density at radius 2 is 1.71 bits per heavy atom. The fourth-order valence-corrected chi connectivity index (χ4v) is 7.59. The topological polar surface area (TPSA) is 141 Å². The highest BCUT2D eigenvalue weighted by molar-refractivity contribution is 6.25. The summed E-state index contributed by atoms with van der Waals surface area (Å²) in [5, 5.41) is 7.91. The molecule has 6 heterocycles. The smallest absolute Gasteiger partial charge is 0.264 e. The molecule has 7 rings (SSSR count). The zero-order chi connectivity index (χ0) is 33.5. The van der Waals surface area contributed by atoms with Gasteiger partial charge in [0.25, 0.3) is 17.7 Å². The van der Waals surface area contributed by atoms with Gasteiger partial charge in [0.15, 0.2) is 0 Å². The number of rotatable bonds is 6. The first kappa shape index (κ1) is 31.8. The monoisotopic (exact) mass is 654 g/mol. The van der Waals surface area contributed by atoms with Crippen molar-refractivity contribution in [3.63, 3.8) is 0 Å². The van der Waals surface area contributed by atoms with E-state index in [1.165, 1.54) is 12.6 Å². The number of benzene rings is 1. The van der Waals surface area contributed by atoms with Gasteiger partial charge in [-0.1, -0.05) is 11.6 Å². The summed E-state index contributed by atoms with van der Waals surface area (Å²) in [6, 6.07) is 4.24. The average Bonchev–Trinajstić information content (AvgIpc) is 3.69. The van der Waals surface area contributed by atoms with Crippen molar-refractivity contribution in [1.82, 2.24) is 29.4 Å². The minimum absolute atomic E-state index is 0.0732. The molecule has 252 valence electrons. The summed E-state index contributed by atoms with van der Waals surface area (Å²) in [4.78, 5) is 75.9. The first-order chi connectivity index (χ1) is 23.2. The highest BCUT2D eigenvalue weighted by atomic mass is 16.2. The van der Waals surface area contributed by atoms with Gasteiger partial charge in [-0.3, -0.25) is 38.5 Å². The van der Waals surface area contributed by atoms with Crippen molar-refractivity contribution in [2.75, 3.05) is 38.5 Å². The molecule has 0 saturated carbocycles. The van der Waals surface area contributed by atoms with E-state index in [-0.39, 0.29) is 47.7 Å². The average molecular weight is 655 g/mol. The Morgan fingerprint density at radius 1 is 0.938 bits per heavy atom. The van der Waals surface area contributed by atoms with Crippen LogP contribution >= 0.6 is 0 Å². The first-order valence-corrected chi connectivity index (χ1v) is 17.0. The third-order valence-corrected chi connectivity index (χ3v) is 10.6. The van der Waals surface area contributed by atoms with Gasteiger partial charge in [-0.05, 0) is 57.6 Å². The van der Waals surface area contributed by atoms with Crippen LogP contribution in [0.5, 0.6) is 0 Å². The molecule has 2 aromatic rings. The van der Waals surface area contributed by atoms with Gasteiger partial charge in [-0.15, -0.1) is 0 Å². The number of aromatic nitrogens is 2. The molecule has 0 aliphatic carbocycles. The van der Waals surface area contributed by atoms with Gasteiger partial charge in [-0.25, -0.2) is 4.99 Å². The van der Waals surface area contributed by atoms with Gasteiger partial charge in [-0.2, -0.15) is 5.10 Å². The van der Waals surface area contributed by atoms with Crippen LogP contribution in [-0.4, -0.2) is 104 Å². The van der Waals surface area contributed by atoms with Gasteiger partial charge in [0.05, 0.1) is 23.4 Å². The van der Waals surface area contributed by atoms with Crippen LogP contribution in [0.1, 0.15) is 90.6 Å². The predicted octanol–water partition coefficient (Wildman–Crippen LogP) is 3.21. The summed E-state index contributed by atoms with van der Waals surface area (Å²) in [5.74, 6) is -0.418. The van der Waals surface area contributed by atoms with E-state index < -0.39 is 23.8 Å². The lowest BCUT2D eigenvalue weighted by Gasteiger charge is -2.38. The lowest BCUT2D eigenvalue weighted by Crippen LogP contribution is -2.54. The number of amidine groups is 1. The lowest BCUT2D eigenvalue weighted by atomic mass is 9.93. The molecule has 5 aliphatic heterocycles. The molecule has 0 bridgehead atoms. The van der Waals surface area contributed by atoms with Crippen LogP contribution in [0, 0.1) is 5.92 Å². The number of hydrogen-bond acceptors (Lipinski definition) is 9. The molecule has 1 unspecified atom stereocenters. The molecule has 1 aromatic carbocycles. The zero-order valence-electron chi connectivity index (χ0n) is 27.6. The van der Waals surface area contributed by atoms with Crippen LogP contribution in [-0.2, 0) is 20.9 Å². The van der Waals surface area contributed by atoms with E-state index in [1.807, 2.05) is 22.0 Å². The van der Waals surface area contributed by atoms with Crippen molar-refractivity contribution in [3.05, 3.63) is 59.1 Å². The fraction of sp³-hybridized carbons (Fsp3) is 0.514. The largest absolute Gasteiger partial charge is 0.380 e. The van der Waals surface area contributed by atoms with E-state index in [9.17, 15) is 24.0 Å². The van der Waals surface area contributed by atoms with Crippen LogP contribution in [0.4, 0.5) is 5.69 Å². The van der Waals surface area contributed by atoms with E-state index in [0.29, 0.717) is 25.3 Å². The van der Waals surface area contributed by atoms with E-state index in [0.717, 1.165) is 72.8 Å².